The molecule has 0 aliphatic rings. The van der Waals surface area contributed by atoms with Crippen molar-refractivity contribution in [2.75, 3.05) is 0 Å². The SMILES string of the molecule is CC(C)Sc1ccccc1C(=O)NNC(=O)c1ccc(Br)cc1. The molecular weight excluding hydrogens is 376 g/mol. The van der Waals surface area contributed by atoms with Gasteiger partial charge in [-0.15, -0.1) is 11.8 Å². The summed E-state index contributed by atoms with van der Waals surface area (Å²) < 4.78 is 0.887. The zero-order valence-corrected chi connectivity index (χ0v) is 15.2. The van der Waals surface area contributed by atoms with Crippen LogP contribution in [0.2, 0.25) is 0 Å². The van der Waals surface area contributed by atoms with Gasteiger partial charge >= 0.3 is 0 Å². The Bertz CT molecular complexity index is 702. The quantitative estimate of drug-likeness (QED) is 0.609. The van der Waals surface area contributed by atoms with Gasteiger partial charge < -0.3 is 0 Å². The molecule has 2 N–H and O–H groups in total. The van der Waals surface area contributed by atoms with Crippen molar-refractivity contribution in [2.24, 2.45) is 0 Å². The van der Waals surface area contributed by atoms with E-state index in [1.54, 1.807) is 48.2 Å². The van der Waals surface area contributed by atoms with Crippen LogP contribution in [0.3, 0.4) is 0 Å². The molecule has 0 bridgehead atoms. The van der Waals surface area contributed by atoms with E-state index < -0.39 is 0 Å². The third-order valence-electron chi connectivity index (χ3n) is 2.89. The predicted octanol–water partition coefficient (Wildman–Crippen LogP) is 4.02. The summed E-state index contributed by atoms with van der Waals surface area (Å²) >= 11 is 4.92. The fourth-order valence-corrected chi connectivity index (χ4v) is 3.08. The zero-order chi connectivity index (χ0) is 16.8. The van der Waals surface area contributed by atoms with Gasteiger partial charge in [0.25, 0.3) is 11.8 Å². The van der Waals surface area contributed by atoms with Crippen molar-refractivity contribution in [1.29, 1.82) is 0 Å². The second kappa shape index (κ2) is 8.17. The molecule has 0 unspecified atom stereocenters. The van der Waals surface area contributed by atoms with Crippen LogP contribution in [0.4, 0.5) is 0 Å². The van der Waals surface area contributed by atoms with Crippen LogP contribution in [0.25, 0.3) is 0 Å². The van der Waals surface area contributed by atoms with Crippen LogP contribution in [-0.2, 0) is 0 Å². The Labute approximate surface area is 148 Å². The van der Waals surface area contributed by atoms with Gasteiger partial charge in [-0.2, -0.15) is 0 Å². The minimum absolute atomic E-state index is 0.334. The van der Waals surface area contributed by atoms with Gasteiger partial charge in [0.1, 0.15) is 0 Å². The number of nitrogens with one attached hydrogen (secondary N) is 2. The molecule has 0 atom stereocenters. The maximum Gasteiger partial charge on any atom is 0.270 e. The van der Waals surface area contributed by atoms with E-state index in [1.807, 2.05) is 12.1 Å². The largest absolute Gasteiger partial charge is 0.270 e. The van der Waals surface area contributed by atoms with Gasteiger partial charge in [0.05, 0.1) is 5.56 Å². The summed E-state index contributed by atoms with van der Waals surface area (Å²) in [6, 6.07) is 14.2. The number of thioether (sulfide) groups is 1. The first-order valence-electron chi connectivity index (χ1n) is 7.09. The van der Waals surface area contributed by atoms with Gasteiger partial charge in [0.2, 0.25) is 0 Å². The number of halogens is 1. The number of benzene rings is 2. The van der Waals surface area contributed by atoms with Crippen molar-refractivity contribution in [3.63, 3.8) is 0 Å². The summed E-state index contributed by atoms with van der Waals surface area (Å²) in [5.74, 6) is -0.695. The Morgan fingerprint density at radius 2 is 1.57 bits per heavy atom. The lowest BCUT2D eigenvalue weighted by Gasteiger charge is -2.12. The van der Waals surface area contributed by atoms with Crippen molar-refractivity contribution in [2.45, 2.75) is 24.0 Å². The van der Waals surface area contributed by atoms with Gasteiger partial charge in [-0.25, -0.2) is 0 Å². The van der Waals surface area contributed by atoms with E-state index in [1.165, 1.54) is 0 Å². The normalized spacial score (nSPS) is 10.4. The van der Waals surface area contributed by atoms with E-state index in [4.69, 9.17) is 0 Å². The molecule has 23 heavy (non-hydrogen) atoms. The van der Waals surface area contributed by atoms with Crippen LogP contribution in [0, 0.1) is 0 Å². The van der Waals surface area contributed by atoms with E-state index in [2.05, 4.69) is 40.6 Å². The topological polar surface area (TPSA) is 58.2 Å². The molecule has 0 fully saturated rings. The second-order valence-electron chi connectivity index (χ2n) is 5.08. The molecule has 6 heteroatoms. The fraction of sp³-hybridized carbons (Fsp3) is 0.176. The van der Waals surface area contributed by atoms with Gasteiger partial charge in [-0.05, 0) is 36.4 Å². The van der Waals surface area contributed by atoms with Crippen LogP contribution in [-0.4, -0.2) is 17.1 Å². The molecule has 2 aromatic carbocycles. The maximum atomic E-state index is 12.3. The minimum Gasteiger partial charge on any atom is -0.267 e. The number of hydrogen-bond acceptors (Lipinski definition) is 3. The lowest BCUT2D eigenvalue weighted by molar-refractivity contribution is 0.0845. The molecule has 0 heterocycles. The van der Waals surface area contributed by atoms with Crippen LogP contribution in [0.1, 0.15) is 34.6 Å². The number of carbonyl (C=O) groups excluding carboxylic acids is 2. The van der Waals surface area contributed by atoms with Crippen LogP contribution < -0.4 is 10.9 Å². The van der Waals surface area contributed by atoms with Crippen molar-refractivity contribution in [1.82, 2.24) is 10.9 Å². The maximum absolute atomic E-state index is 12.3. The van der Waals surface area contributed by atoms with Gasteiger partial charge in [-0.3, -0.25) is 20.4 Å². The van der Waals surface area contributed by atoms with Gasteiger partial charge in [0, 0.05) is 20.2 Å². The smallest absolute Gasteiger partial charge is 0.267 e. The van der Waals surface area contributed by atoms with Crippen LogP contribution >= 0.6 is 27.7 Å². The Kier molecular flexibility index (Phi) is 6.24. The summed E-state index contributed by atoms with van der Waals surface area (Å²) in [7, 11) is 0. The van der Waals surface area contributed by atoms with E-state index in [0.29, 0.717) is 16.4 Å². The molecule has 120 valence electrons. The second-order valence-corrected chi connectivity index (χ2v) is 7.61. The minimum atomic E-state index is -0.361. The van der Waals surface area contributed by atoms with Crippen LogP contribution in [0.15, 0.2) is 57.9 Å². The fourth-order valence-electron chi connectivity index (χ4n) is 1.87. The summed E-state index contributed by atoms with van der Waals surface area (Å²) in [6.45, 7) is 4.13. The molecule has 4 nitrogen and oxygen atoms in total. The van der Waals surface area contributed by atoms with Gasteiger partial charge in [-0.1, -0.05) is 41.9 Å². The molecular formula is C17H17BrN2O2S. The summed E-state index contributed by atoms with van der Waals surface area (Å²) in [5, 5.41) is 0.362. The highest BCUT2D eigenvalue weighted by molar-refractivity contribution is 9.10. The Balaban J connectivity index is 2.02. The molecule has 0 radical (unpaired) electrons. The molecule has 0 saturated carbocycles. The molecule has 0 aromatic heterocycles. The monoisotopic (exact) mass is 392 g/mol. The molecule has 2 aromatic rings. The summed E-state index contributed by atoms with van der Waals surface area (Å²) in [4.78, 5) is 25.2. The Morgan fingerprint density at radius 1 is 0.957 bits per heavy atom. The van der Waals surface area contributed by atoms with Crippen LogP contribution in [0.5, 0.6) is 0 Å². The Hall–Kier alpha value is -1.79. The molecule has 0 aliphatic heterocycles. The molecule has 0 saturated heterocycles. The highest BCUT2D eigenvalue weighted by Gasteiger charge is 2.13. The van der Waals surface area contributed by atoms with E-state index in [-0.39, 0.29) is 11.8 Å². The van der Waals surface area contributed by atoms with Crippen molar-refractivity contribution >= 4 is 39.5 Å². The zero-order valence-electron chi connectivity index (χ0n) is 12.8. The Morgan fingerprint density at radius 3 is 2.22 bits per heavy atom. The number of carbonyl (C=O) groups is 2. The third kappa shape index (κ3) is 5.11. The number of rotatable bonds is 4. The standard InChI is InChI=1S/C17H17BrN2O2S/c1-11(2)23-15-6-4-3-5-14(15)17(22)20-19-16(21)12-7-9-13(18)10-8-12/h3-11H,1-2H3,(H,19,21)(H,20,22). The highest BCUT2D eigenvalue weighted by Crippen LogP contribution is 2.26. The van der Waals surface area contributed by atoms with Gasteiger partial charge in [0.15, 0.2) is 0 Å². The highest BCUT2D eigenvalue weighted by atomic mass is 79.9. The summed E-state index contributed by atoms with van der Waals surface area (Å²) in [6.07, 6.45) is 0. The first-order chi connectivity index (χ1) is 11.0. The number of amides is 2. The van der Waals surface area contributed by atoms with Crippen molar-refractivity contribution in [3.8, 4) is 0 Å². The first-order valence-corrected chi connectivity index (χ1v) is 8.76. The number of hydrazine groups is 1. The lowest BCUT2D eigenvalue weighted by atomic mass is 10.2. The average molecular weight is 393 g/mol. The van der Waals surface area contributed by atoms with E-state index in [0.717, 1.165) is 9.37 Å². The third-order valence-corrected chi connectivity index (χ3v) is 4.50. The molecule has 2 rings (SSSR count). The molecule has 0 spiro atoms. The van der Waals surface area contributed by atoms with E-state index >= 15 is 0 Å². The van der Waals surface area contributed by atoms with E-state index in [9.17, 15) is 9.59 Å². The first kappa shape index (κ1) is 17.6. The van der Waals surface area contributed by atoms with Crippen molar-refractivity contribution in [3.05, 3.63) is 64.1 Å². The predicted molar refractivity (Wildman–Crippen MR) is 96.5 cm³/mol. The molecule has 0 aliphatic carbocycles. The lowest BCUT2D eigenvalue weighted by Crippen LogP contribution is -2.41. The molecule has 2 amide bonds. The number of hydrogen-bond donors (Lipinski definition) is 2. The summed E-state index contributed by atoms with van der Waals surface area (Å²) in [5.41, 5.74) is 5.91. The van der Waals surface area contributed by atoms with Crippen molar-refractivity contribution < 1.29 is 9.59 Å². The average Bonchev–Trinajstić information content (AvgIpc) is 2.53.